The van der Waals surface area contributed by atoms with Gasteiger partial charge in [0, 0.05) is 15.7 Å². The molecule has 1 aliphatic heterocycles. The first kappa shape index (κ1) is 29.1. The molecule has 1 aliphatic rings. The summed E-state index contributed by atoms with van der Waals surface area (Å²) < 4.78 is 37.0. The Balaban J connectivity index is 1.79. The highest BCUT2D eigenvalue weighted by Gasteiger charge is 2.40. The van der Waals surface area contributed by atoms with Crippen molar-refractivity contribution in [3.8, 4) is 0 Å². The summed E-state index contributed by atoms with van der Waals surface area (Å²) in [6.07, 6.45) is -3.68. The van der Waals surface area contributed by atoms with Gasteiger partial charge in [-0.2, -0.15) is 13.2 Å². The lowest BCUT2D eigenvalue weighted by molar-refractivity contribution is -0.150. The molecule has 1 fully saturated rings. The molecular formula is C23H21Cl5F3N3O2. The monoisotopic (exact) mass is 603 g/mol. The van der Waals surface area contributed by atoms with Gasteiger partial charge in [0.15, 0.2) is 0 Å². The highest BCUT2D eigenvalue weighted by Crippen LogP contribution is 2.40. The first-order chi connectivity index (χ1) is 16.6. The maximum atomic E-state index is 13.2. The fourth-order valence-corrected chi connectivity index (χ4v) is 5.25. The van der Waals surface area contributed by atoms with E-state index < -0.39 is 40.8 Å². The number of carbonyl (C=O) groups is 2. The van der Waals surface area contributed by atoms with Crippen molar-refractivity contribution < 1.29 is 22.8 Å². The van der Waals surface area contributed by atoms with Crippen LogP contribution in [-0.4, -0.2) is 46.4 Å². The third kappa shape index (κ3) is 7.79. The topological polar surface area (TPSA) is 61.4 Å². The van der Waals surface area contributed by atoms with Crippen LogP contribution in [0.2, 0.25) is 15.1 Å². The van der Waals surface area contributed by atoms with Crippen LogP contribution < -0.4 is 10.6 Å². The van der Waals surface area contributed by atoms with Crippen LogP contribution in [-0.2, 0) is 9.59 Å². The van der Waals surface area contributed by atoms with E-state index in [0.29, 0.717) is 12.0 Å². The standard InChI is InChI=1S/C23H21Cl5F3N3O2/c1-22(27,28)19(12-7-13(24)9-14(25)8-12)21(36)32-15-4-5-16(26)17(10-15)33-20(35)18-3-2-6-34(18)11-23(29,30)31/h4-5,7-10,18-19H,2-3,6,11H2,1H3,(H,32,36)(H,33,35). The van der Waals surface area contributed by atoms with E-state index >= 15 is 0 Å². The molecular weight excluding hydrogens is 585 g/mol. The summed E-state index contributed by atoms with van der Waals surface area (Å²) in [5, 5.41) is 5.96. The van der Waals surface area contributed by atoms with E-state index in [1.54, 1.807) is 0 Å². The van der Waals surface area contributed by atoms with E-state index in [2.05, 4.69) is 10.6 Å². The molecule has 0 spiro atoms. The van der Waals surface area contributed by atoms with Crippen LogP contribution in [0.4, 0.5) is 24.5 Å². The zero-order valence-electron chi connectivity index (χ0n) is 18.7. The van der Waals surface area contributed by atoms with Crippen molar-refractivity contribution in [1.82, 2.24) is 4.90 Å². The highest BCUT2D eigenvalue weighted by molar-refractivity contribution is 6.50. The fourth-order valence-electron chi connectivity index (χ4n) is 4.09. The molecule has 2 aromatic carbocycles. The van der Waals surface area contributed by atoms with Crippen molar-refractivity contribution in [3.05, 3.63) is 57.0 Å². The predicted octanol–water partition coefficient (Wildman–Crippen LogP) is 7.53. The molecule has 3 rings (SSSR count). The van der Waals surface area contributed by atoms with Crippen LogP contribution in [0.1, 0.15) is 31.2 Å². The maximum absolute atomic E-state index is 13.2. The molecule has 0 saturated carbocycles. The van der Waals surface area contributed by atoms with Gasteiger partial charge in [0.05, 0.1) is 29.2 Å². The molecule has 2 unspecified atom stereocenters. The Labute approximate surface area is 231 Å². The van der Waals surface area contributed by atoms with Crippen molar-refractivity contribution in [2.45, 2.75) is 42.2 Å². The predicted molar refractivity (Wildman–Crippen MR) is 139 cm³/mol. The number of nitrogens with zero attached hydrogens (tertiary/aromatic N) is 1. The summed E-state index contributed by atoms with van der Waals surface area (Å²) >= 11 is 31.0. The first-order valence-corrected chi connectivity index (χ1v) is 12.6. The van der Waals surface area contributed by atoms with Crippen LogP contribution >= 0.6 is 58.0 Å². The molecule has 5 nitrogen and oxygen atoms in total. The quantitative estimate of drug-likeness (QED) is 0.321. The molecule has 1 heterocycles. The molecule has 196 valence electrons. The number of anilines is 2. The van der Waals surface area contributed by atoms with E-state index in [4.69, 9.17) is 58.0 Å². The Morgan fingerprint density at radius 2 is 1.69 bits per heavy atom. The molecule has 0 radical (unpaired) electrons. The molecule has 13 heteroatoms. The number of halogens is 8. The number of carbonyl (C=O) groups excluding carboxylic acids is 2. The summed E-state index contributed by atoms with van der Waals surface area (Å²) in [4.78, 5) is 27.0. The van der Waals surface area contributed by atoms with Gasteiger partial charge < -0.3 is 10.6 Å². The number of amides is 2. The number of alkyl halides is 5. The van der Waals surface area contributed by atoms with Gasteiger partial charge in [0.1, 0.15) is 4.33 Å². The van der Waals surface area contributed by atoms with Crippen LogP contribution in [0.5, 0.6) is 0 Å². The van der Waals surface area contributed by atoms with Crippen molar-refractivity contribution in [1.29, 1.82) is 0 Å². The lowest BCUT2D eigenvalue weighted by Crippen LogP contribution is -2.44. The average Bonchev–Trinajstić information content (AvgIpc) is 3.15. The minimum atomic E-state index is -4.42. The zero-order chi connectivity index (χ0) is 26.8. The zero-order valence-corrected chi connectivity index (χ0v) is 22.5. The Morgan fingerprint density at radius 1 is 1.06 bits per heavy atom. The second-order valence-electron chi connectivity index (χ2n) is 8.51. The van der Waals surface area contributed by atoms with Crippen LogP contribution in [0.15, 0.2) is 36.4 Å². The summed E-state index contributed by atoms with van der Waals surface area (Å²) in [6.45, 7) is 0.419. The van der Waals surface area contributed by atoms with Gasteiger partial charge >= 0.3 is 6.18 Å². The Bertz CT molecular complexity index is 1120. The Kier molecular flexibility index (Phi) is 9.34. The fraction of sp³-hybridized carbons (Fsp3) is 0.391. The van der Waals surface area contributed by atoms with Crippen LogP contribution in [0, 0.1) is 0 Å². The molecule has 36 heavy (non-hydrogen) atoms. The molecule has 2 aromatic rings. The number of hydrogen-bond acceptors (Lipinski definition) is 3. The summed E-state index contributed by atoms with van der Waals surface area (Å²) in [6, 6.07) is 7.89. The lowest BCUT2D eigenvalue weighted by Gasteiger charge is -2.26. The number of hydrogen-bond donors (Lipinski definition) is 2. The molecule has 1 saturated heterocycles. The third-order valence-electron chi connectivity index (χ3n) is 5.53. The molecule has 0 aromatic heterocycles. The number of nitrogens with one attached hydrogen (secondary N) is 2. The highest BCUT2D eigenvalue weighted by atomic mass is 35.5. The van der Waals surface area contributed by atoms with Gasteiger partial charge in [-0.05, 0) is 68.3 Å². The normalized spacial score (nSPS) is 17.6. The molecule has 0 bridgehead atoms. The molecule has 2 atom stereocenters. The number of rotatable bonds is 7. The second-order valence-corrected chi connectivity index (χ2v) is 11.6. The van der Waals surface area contributed by atoms with Gasteiger partial charge in [-0.15, -0.1) is 23.2 Å². The summed E-state index contributed by atoms with van der Waals surface area (Å²) in [5.74, 6) is -2.30. The van der Waals surface area contributed by atoms with E-state index in [0.717, 1.165) is 4.90 Å². The van der Waals surface area contributed by atoms with Gasteiger partial charge in [-0.1, -0.05) is 34.8 Å². The first-order valence-electron chi connectivity index (χ1n) is 10.7. The van der Waals surface area contributed by atoms with E-state index in [1.165, 1.54) is 43.3 Å². The van der Waals surface area contributed by atoms with Crippen molar-refractivity contribution in [2.75, 3.05) is 23.7 Å². The van der Waals surface area contributed by atoms with Gasteiger partial charge in [-0.25, -0.2) is 0 Å². The van der Waals surface area contributed by atoms with Gasteiger partial charge in [0.2, 0.25) is 11.8 Å². The summed E-state index contributed by atoms with van der Waals surface area (Å²) in [7, 11) is 0. The van der Waals surface area contributed by atoms with Crippen LogP contribution in [0.3, 0.4) is 0 Å². The van der Waals surface area contributed by atoms with Crippen molar-refractivity contribution in [2.24, 2.45) is 0 Å². The minimum Gasteiger partial charge on any atom is -0.325 e. The second kappa shape index (κ2) is 11.5. The third-order valence-corrected chi connectivity index (χ3v) is 6.73. The number of likely N-dealkylation sites (tertiary alicyclic amines) is 1. The SMILES string of the molecule is CC(Cl)(Cl)C(C(=O)Nc1ccc(Cl)c(NC(=O)C2CCCN2CC(F)(F)F)c1)c1cc(Cl)cc(Cl)c1. The lowest BCUT2D eigenvalue weighted by atomic mass is 9.94. The van der Waals surface area contributed by atoms with E-state index in [9.17, 15) is 22.8 Å². The Hall–Kier alpha value is -1.42. The van der Waals surface area contributed by atoms with E-state index in [-0.39, 0.29) is 39.4 Å². The minimum absolute atomic E-state index is 0.125. The summed E-state index contributed by atoms with van der Waals surface area (Å²) in [5.41, 5.74) is 0.750. The molecule has 2 amide bonds. The molecule has 2 N–H and O–H groups in total. The van der Waals surface area contributed by atoms with Crippen molar-refractivity contribution in [3.63, 3.8) is 0 Å². The Morgan fingerprint density at radius 3 is 2.28 bits per heavy atom. The average molecular weight is 606 g/mol. The smallest absolute Gasteiger partial charge is 0.325 e. The van der Waals surface area contributed by atoms with Crippen molar-refractivity contribution >= 4 is 81.2 Å². The van der Waals surface area contributed by atoms with Gasteiger partial charge in [-0.3, -0.25) is 14.5 Å². The maximum Gasteiger partial charge on any atom is 0.401 e. The van der Waals surface area contributed by atoms with Gasteiger partial charge in [0.25, 0.3) is 0 Å². The molecule has 0 aliphatic carbocycles. The van der Waals surface area contributed by atoms with Crippen LogP contribution in [0.25, 0.3) is 0 Å². The van der Waals surface area contributed by atoms with E-state index in [1.807, 2.05) is 0 Å². The number of benzene rings is 2. The largest absolute Gasteiger partial charge is 0.401 e.